The number of para-hydroxylation sites is 2. The Kier molecular flexibility index (Phi) is 5.56. The zero-order valence-electron chi connectivity index (χ0n) is 14.7. The molecule has 0 fully saturated rings. The Morgan fingerprint density at radius 2 is 1.33 bits per heavy atom. The highest BCUT2D eigenvalue weighted by molar-refractivity contribution is 5.80. The van der Waals surface area contributed by atoms with E-state index in [1.165, 1.54) is 7.11 Å². The lowest BCUT2D eigenvalue weighted by Gasteiger charge is -1.93. The number of methoxy groups -OCH3 is 1. The Morgan fingerprint density at radius 3 is 1.78 bits per heavy atom. The summed E-state index contributed by atoms with van der Waals surface area (Å²) in [5, 5.41) is 10.5. The van der Waals surface area contributed by atoms with E-state index in [-0.39, 0.29) is 18.8 Å². The van der Waals surface area contributed by atoms with Crippen LogP contribution < -0.4 is 0 Å². The number of benzene rings is 2. The van der Waals surface area contributed by atoms with Crippen LogP contribution in [0.4, 0.5) is 0 Å². The molecule has 4 aromatic rings. The summed E-state index contributed by atoms with van der Waals surface area (Å²) < 4.78 is 15.3. The predicted octanol–water partition coefficient (Wildman–Crippen LogP) is 4.21. The number of hydrogen-bond donors (Lipinski definition) is 1. The van der Waals surface area contributed by atoms with Crippen LogP contribution in [0.1, 0.15) is 11.5 Å². The topological polar surface area (TPSA) is 89.9 Å². The molecule has 1 N–H and O–H groups in total. The van der Waals surface area contributed by atoms with E-state index in [4.69, 9.17) is 13.9 Å². The molecule has 0 saturated heterocycles. The first-order chi connectivity index (χ1) is 13.0. The lowest BCUT2D eigenvalue weighted by Crippen LogP contribution is -2.02. The number of hydrogen-bond acceptors (Lipinski definition) is 5. The summed E-state index contributed by atoms with van der Waals surface area (Å²) in [5.74, 6) is -0.0325. The number of carbonyl (C=O) groups excluding carboxylic acids is 1. The fourth-order valence-corrected chi connectivity index (χ4v) is 2.61. The van der Waals surface area contributed by atoms with Crippen molar-refractivity contribution >= 4 is 33.9 Å². The first-order valence-corrected chi connectivity index (χ1v) is 8.28. The maximum Gasteiger partial charge on any atom is 0.313 e. The van der Waals surface area contributed by atoms with Crippen molar-refractivity contribution in [2.75, 3.05) is 7.11 Å². The molecular formula is C21H18O6. The van der Waals surface area contributed by atoms with Gasteiger partial charge in [0, 0.05) is 10.8 Å². The van der Waals surface area contributed by atoms with Gasteiger partial charge < -0.3 is 18.7 Å². The maximum absolute atomic E-state index is 11.0. The molecule has 2 heterocycles. The number of ether oxygens (including phenoxy) is 1. The van der Waals surface area contributed by atoms with Crippen molar-refractivity contribution in [1.82, 2.24) is 0 Å². The maximum atomic E-state index is 11.0. The zero-order chi connectivity index (χ0) is 19.2. The van der Waals surface area contributed by atoms with E-state index < -0.39 is 5.97 Å². The molecule has 0 radical (unpaired) electrons. The number of aliphatic carboxylic acids is 1. The van der Waals surface area contributed by atoms with E-state index in [1.54, 1.807) is 6.07 Å². The monoisotopic (exact) mass is 366 g/mol. The van der Waals surface area contributed by atoms with Crippen LogP contribution in [-0.2, 0) is 27.2 Å². The molecule has 6 heteroatoms. The van der Waals surface area contributed by atoms with Gasteiger partial charge in [-0.1, -0.05) is 36.4 Å². The van der Waals surface area contributed by atoms with Crippen molar-refractivity contribution < 1.29 is 28.3 Å². The van der Waals surface area contributed by atoms with Gasteiger partial charge in [0.05, 0.1) is 7.11 Å². The Bertz CT molecular complexity index is 1010. The van der Waals surface area contributed by atoms with Gasteiger partial charge in [-0.3, -0.25) is 9.59 Å². The molecule has 138 valence electrons. The molecule has 0 amide bonds. The number of carbonyl (C=O) groups is 2. The number of esters is 1. The van der Waals surface area contributed by atoms with Gasteiger partial charge in [0.1, 0.15) is 35.5 Å². The summed E-state index contributed by atoms with van der Waals surface area (Å²) in [5.41, 5.74) is 1.53. The van der Waals surface area contributed by atoms with E-state index in [1.807, 2.05) is 54.6 Å². The van der Waals surface area contributed by atoms with E-state index >= 15 is 0 Å². The van der Waals surface area contributed by atoms with Crippen LogP contribution in [-0.4, -0.2) is 24.2 Å². The van der Waals surface area contributed by atoms with Crippen LogP contribution in [0.3, 0.4) is 0 Å². The van der Waals surface area contributed by atoms with E-state index in [0.29, 0.717) is 11.5 Å². The van der Waals surface area contributed by atoms with Gasteiger partial charge >= 0.3 is 11.9 Å². The van der Waals surface area contributed by atoms with Crippen LogP contribution in [0.2, 0.25) is 0 Å². The largest absolute Gasteiger partial charge is 0.481 e. The average molecular weight is 366 g/mol. The summed E-state index contributed by atoms with van der Waals surface area (Å²) in [6, 6.07) is 18.7. The van der Waals surface area contributed by atoms with Crippen molar-refractivity contribution in [2.45, 2.75) is 12.8 Å². The SMILES string of the molecule is COC(=O)Cc1cc2ccccc2o1.O=C(O)Cc1cc2ccccc2o1. The molecule has 0 saturated carbocycles. The van der Waals surface area contributed by atoms with Gasteiger partial charge in [-0.25, -0.2) is 0 Å². The molecule has 0 spiro atoms. The van der Waals surface area contributed by atoms with E-state index in [2.05, 4.69) is 4.74 Å². The van der Waals surface area contributed by atoms with Crippen molar-refractivity contribution in [1.29, 1.82) is 0 Å². The molecule has 27 heavy (non-hydrogen) atoms. The molecule has 2 aromatic carbocycles. The van der Waals surface area contributed by atoms with Gasteiger partial charge in [-0.2, -0.15) is 0 Å². The summed E-state index contributed by atoms with van der Waals surface area (Å²) in [6.07, 6.45) is 0.125. The summed E-state index contributed by atoms with van der Waals surface area (Å²) in [6.45, 7) is 0. The van der Waals surface area contributed by atoms with Crippen molar-refractivity contribution in [3.63, 3.8) is 0 Å². The molecule has 0 atom stereocenters. The van der Waals surface area contributed by atoms with Gasteiger partial charge in [0.25, 0.3) is 0 Å². The summed E-state index contributed by atoms with van der Waals surface area (Å²) >= 11 is 0. The minimum atomic E-state index is -0.876. The summed E-state index contributed by atoms with van der Waals surface area (Å²) in [7, 11) is 1.37. The normalized spacial score (nSPS) is 10.4. The Hall–Kier alpha value is -3.54. The second kappa shape index (κ2) is 8.23. The average Bonchev–Trinajstić information content (AvgIpc) is 3.23. The number of fused-ring (bicyclic) bond motifs is 2. The Balaban J connectivity index is 0.000000156. The van der Waals surface area contributed by atoms with Crippen LogP contribution in [0.15, 0.2) is 69.5 Å². The van der Waals surface area contributed by atoms with Crippen molar-refractivity contribution in [3.05, 3.63) is 72.2 Å². The Labute approximate surface area is 155 Å². The quantitative estimate of drug-likeness (QED) is 0.544. The highest BCUT2D eigenvalue weighted by Crippen LogP contribution is 2.19. The van der Waals surface area contributed by atoms with E-state index in [0.717, 1.165) is 21.9 Å². The van der Waals surface area contributed by atoms with Crippen LogP contribution in [0.25, 0.3) is 21.9 Å². The third kappa shape index (κ3) is 4.76. The van der Waals surface area contributed by atoms with Crippen LogP contribution >= 0.6 is 0 Å². The fraction of sp³-hybridized carbons (Fsp3) is 0.143. The van der Waals surface area contributed by atoms with Crippen molar-refractivity contribution in [2.24, 2.45) is 0 Å². The molecule has 0 aliphatic rings. The molecule has 0 aliphatic heterocycles. The molecular weight excluding hydrogens is 348 g/mol. The minimum Gasteiger partial charge on any atom is -0.481 e. The molecule has 0 aliphatic carbocycles. The molecule has 2 aromatic heterocycles. The second-order valence-electron chi connectivity index (χ2n) is 5.82. The van der Waals surface area contributed by atoms with Gasteiger partial charge in [-0.05, 0) is 24.3 Å². The number of rotatable bonds is 4. The van der Waals surface area contributed by atoms with Gasteiger partial charge in [-0.15, -0.1) is 0 Å². The molecule has 6 nitrogen and oxygen atoms in total. The first kappa shape index (κ1) is 18.3. The number of furan rings is 2. The smallest absolute Gasteiger partial charge is 0.313 e. The standard InChI is InChI=1S/C11H10O3.C10H8O3/c1-13-11(12)7-9-6-8-4-2-3-5-10(8)14-9;11-10(12)6-8-5-7-3-1-2-4-9(7)13-8/h2-6H,7H2,1H3;1-5H,6H2,(H,11,12). The van der Waals surface area contributed by atoms with Gasteiger partial charge in [0.15, 0.2) is 0 Å². The van der Waals surface area contributed by atoms with E-state index in [9.17, 15) is 9.59 Å². The molecule has 0 unspecified atom stereocenters. The highest BCUT2D eigenvalue weighted by atomic mass is 16.5. The van der Waals surface area contributed by atoms with Crippen LogP contribution in [0.5, 0.6) is 0 Å². The third-order valence-corrected chi connectivity index (χ3v) is 3.82. The van der Waals surface area contributed by atoms with Crippen molar-refractivity contribution in [3.8, 4) is 0 Å². The number of carboxylic acids is 1. The second-order valence-corrected chi connectivity index (χ2v) is 5.82. The number of carboxylic acid groups (broad SMARTS) is 1. The minimum absolute atomic E-state index is 0.0608. The lowest BCUT2D eigenvalue weighted by atomic mass is 10.2. The molecule has 4 rings (SSSR count). The first-order valence-electron chi connectivity index (χ1n) is 8.28. The fourth-order valence-electron chi connectivity index (χ4n) is 2.61. The van der Waals surface area contributed by atoms with Gasteiger partial charge in [0.2, 0.25) is 0 Å². The van der Waals surface area contributed by atoms with Crippen LogP contribution in [0, 0.1) is 0 Å². The molecule has 0 bridgehead atoms. The third-order valence-electron chi connectivity index (χ3n) is 3.82. The summed E-state index contributed by atoms with van der Waals surface area (Å²) in [4.78, 5) is 21.4. The highest BCUT2D eigenvalue weighted by Gasteiger charge is 2.08. The predicted molar refractivity (Wildman–Crippen MR) is 99.5 cm³/mol. The Morgan fingerprint density at radius 1 is 0.852 bits per heavy atom. The lowest BCUT2D eigenvalue weighted by molar-refractivity contribution is -0.140. The zero-order valence-corrected chi connectivity index (χ0v) is 14.7.